The molecule has 0 fully saturated rings. The number of ether oxygens (including phenoxy) is 1. The van der Waals surface area contributed by atoms with Gasteiger partial charge in [0, 0.05) is 10.7 Å². The summed E-state index contributed by atoms with van der Waals surface area (Å²) in [5.74, 6) is 0.126. The molecule has 3 rings (SSSR count). The summed E-state index contributed by atoms with van der Waals surface area (Å²) in [5, 5.41) is 3.26. The van der Waals surface area contributed by atoms with E-state index in [4.69, 9.17) is 16.3 Å². The first-order chi connectivity index (χ1) is 14.8. The van der Waals surface area contributed by atoms with Crippen molar-refractivity contribution in [2.75, 3.05) is 22.8 Å². The average Bonchev–Trinajstić information content (AvgIpc) is 2.77. The van der Waals surface area contributed by atoms with Gasteiger partial charge in [0.1, 0.15) is 12.3 Å². The van der Waals surface area contributed by atoms with Gasteiger partial charge in [0.2, 0.25) is 5.91 Å². The van der Waals surface area contributed by atoms with Gasteiger partial charge in [-0.15, -0.1) is 0 Å². The van der Waals surface area contributed by atoms with E-state index in [9.17, 15) is 13.2 Å². The Kier molecular flexibility index (Phi) is 7.20. The van der Waals surface area contributed by atoms with Gasteiger partial charge in [-0.2, -0.15) is 0 Å². The number of anilines is 2. The van der Waals surface area contributed by atoms with Crippen LogP contribution >= 0.6 is 11.6 Å². The van der Waals surface area contributed by atoms with Crippen molar-refractivity contribution in [1.29, 1.82) is 0 Å². The summed E-state index contributed by atoms with van der Waals surface area (Å²) in [6.45, 7) is 3.73. The molecule has 162 valence electrons. The van der Waals surface area contributed by atoms with E-state index in [-0.39, 0.29) is 4.90 Å². The Morgan fingerprint density at radius 3 is 2.32 bits per heavy atom. The van der Waals surface area contributed by atoms with Crippen molar-refractivity contribution in [1.82, 2.24) is 0 Å². The largest absolute Gasteiger partial charge is 0.494 e. The molecule has 0 spiro atoms. The van der Waals surface area contributed by atoms with Gasteiger partial charge in [-0.3, -0.25) is 9.10 Å². The van der Waals surface area contributed by atoms with Crippen LogP contribution in [0.15, 0.2) is 77.7 Å². The van der Waals surface area contributed by atoms with Crippen molar-refractivity contribution >= 4 is 38.9 Å². The Morgan fingerprint density at radius 1 is 1.00 bits per heavy atom. The van der Waals surface area contributed by atoms with Gasteiger partial charge in [0.25, 0.3) is 10.0 Å². The maximum Gasteiger partial charge on any atom is 0.264 e. The first-order valence-corrected chi connectivity index (χ1v) is 11.5. The lowest BCUT2D eigenvalue weighted by Gasteiger charge is -2.24. The van der Waals surface area contributed by atoms with E-state index < -0.39 is 22.5 Å². The molecule has 1 amide bonds. The number of benzene rings is 3. The third kappa shape index (κ3) is 5.37. The molecule has 0 saturated heterocycles. The minimum Gasteiger partial charge on any atom is -0.494 e. The third-order valence-electron chi connectivity index (χ3n) is 4.60. The molecule has 8 heteroatoms. The molecule has 0 aromatic heterocycles. The molecule has 0 aliphatic heterocycles. The quantitative estimate of drug-likeness (QED) is 0.522. The highest BCUT2D eigenvalue weighted by atomic mass is 35.5. The van der Waals surface area contributed by atoms with E-state index in [1.54, 1.807) is 67.6 Å². The van der Waals surface area contributed by atoms with Crippen molar-refractivity contribution in [3.05, 3.63) is 83.4 Å². The van der Waals surface area contributed by atoms with Crippen molar-refractivity contribution in [2.24, 2.45) is 0 Å². The maximum atomic E-state index is 13.3. The van der Waals surface area contributed by atoms with Crippen LogP contribution in [0.3, 0.4) is 0 Å². The summed E-state index contributed by atoms with van der Waals surface area (Å²) in [7, 11) is -3.98. The molecule has 3 aromatic carbocycles. The standard InChI is InChI=1S/C23H23ClN2O4S/c1-3-30-19-14-12-18(13-15-19)26(31(28,29)20-8-5-4-6-9-20)16-23(27)25-22-11-7-10-21(24)17(22)2/h4-15H,3,16H2,1-2H3,(H,25,27). The van der Waals surface area contributed by atoms with Gasteiger partial charge in [-0.25, -0.2) is 8.42 Å². The fourth-order valence-corrected chi connectivity index (χ4v) is 4.59. The Balaban J connectivity index is 1.93. The van der Waals surface area contributed by atoms with Gasteiger partial charge in [-0.05, 0) is 67.9 Å². The number of nitrogens with zero attached hydrogens (tertiary/aromatic N) is 1. The Hall–Kier alpha value is -3.03. The lowest BCUT2D eigenvalue weighted by atomic mass is 10.2. The van der Waals surface area contributed by atoms with Gasteiger partial charge < -0.3 is 10.1 Å². The first kappa shape index (κ1) is 22.7. The number of nitrogens with one attached hydrogen (secondary N) is 1. The zero-order chi connectivity index (χ0) is 22.4. The van der Waals surface area contributed by atoms with E-state index in [0.29, 0.717) is 34.3 Å². The molecule has 0 unspecified atom stereocenters. The Morgan fingerprint density at radius 2 is 1.68 bits per heavy atom. The monoisotopic (exact) mass is 458 g/mol. The highest BCUT2D eigenvalue weighted by Crippen LogP contribution is 2.27. The van der Waals surface area contributed by atoms with Crippen LogP contribution in [0.1, 0.15) is 12.5 Å². The number of carbonyl (C=O) groups is 1. The first-order valence-electron chi connectivity index (χ1n) is 9.68. The summed E-state index contributed by atoms with van der Waals surface area (Å²) in [6.07, 6.45) is 0. The van der Waals surface area contributed by atoms with Crippen LogP contribution in [0.5, 0.6) is 5.75 Å². The van der Waals surface area contributed by atoms with Crippen LogP contribution in [-0.4, -0.2) is 27.5 Å². The van der Waals surface area contributed by atoms with Crippen LogP contribution in [0, 0.1) is 6.92 Å². The van der Waals surface area contributed by atoms with Gasteiger partial charge in [0.05, 0.1) is 17.2 Å². The molecule has 0 atom stereocenters. The van der Waals surface area contributed by atoms with E-state index >= 15 is 0 Å². The van der Waals surface area contributed by atoms with Gasteiger partial charge in [-0.1, -0.05) is 35.9 Å². The van der Waals surface area contributed by atoms with Crippen molar-refractivity contribution in [2.45, 2.75) is 18.7 Å². The number of amides is 1. The number of sulfonamides is 1. The SMILES string of the molecule is CCOc1ccc(N(CC(=O)Nc2cccc(Cl)c2C)S(=O)(=O)c2ccccc2)cc1. The second-order valence-electron chi connectivity index (χ2n) is 6.71. The molecule has 1 N–H and O–H groups in total. The molecule has 0 heterocycles. The van der Waals surface area contributed by atoms with Crippen molar-refractivity contribution < 1.29 is 17.9 Å². The van der Waals surface area contributed by atoms with E-state index in [0.717, 1.165) is 4.31 Å². The fourth-order valence-electron chi connectivity index (χ4n) is 2.97. The lowest BCUT2D eigenvalue weighted by Crippen LogP contribution is -2.38. The molecule has 6 nitrogen and oxygen atoms in total. The molecule has 31 heavy (non-hydrogen) atoms. The van der Waals surface area contributed by atoms with Crippen LogP contribution in [0.2, 0.25) is 5.02 Å². The predicted molar refractivity (Wildman–Crippen MR) is 123 cm³/mol. The number of hydrogen-bond acceptors (Lipinski definition) is 4. The number of carbonyl (C=O) groups excluding carboxylic acids is 1. The normalized spacial score (nSPS) is 11.1. The summed E-state index contributed by atoms with van der Waals surface area (Å²) in [5.41, 5.74) is 1.59. The van der Waals surface area contributed by atoms with E-state index in [1.807, 2.05) is 6.92 Å². The number of halogens is 1. The second-order valence-corrected chi connectivity index (χ2v) is 8.98. The topological polar surface area (TPSA) is 75.7 Å². The smallest absolute Gasteiger partial charge is 0.264 e. The molecular formula is C23H23ClN2O4S. The van der Waals surface area contributed by atoms with E-state index in [1.165, 1.54) is 12.1 Å². The van der Waals surface area contributed by atoms with Crippen molar-refractivity contribution in [3.8, 4) is 5.75 Å². The minimum absolute atomic E-state index is 0.0932. The van der Waals surface area contributed by atoms with Gasteiger partial charge >= 0.3 is 0 Å². The Labute approximate surface area is 187 Å². The van der Waals surface area contributed by atoms with Crippen LogP contribution in [0.25, 0.3) is 0 Å². The Bertz CT molecular complexity index is 1150. The van der Waals surface area contributed by atoms with Crippen LogP contribution in [-0.2, 0) is 14.8 Å². The number of rotatable bonds is 8. The second kappa shape index (κ2) is 9.85. The predicted octanol–water partition coefficient (Wildman–Crippen LogP) is 4.88. The highest BCUT2D eigenvalue weighted by Gasteiger charge is 2.27. The molecule has 0 saturated carbocycles. The molecule has 0 radical (unpaired) electrons. The van der Waals surface area contributed by atoms with Gasteiger partial charge in [0.15, 0.2) is 0 Å². The lowest BCUT2D eigenvalue weighted by molar-refractivity contribution is -0.114. The zero-order valence-electron chi connectivity index (χ0n) is 17.2. The van der Waals surface area contributed by atoms with E-state index in [2.05, 4.69) is 5.32 Å². The molecular weight excluding hydrogens is 436 g/mol. The van der Waals surface area contributed by atoms with Crippen molar-refractivity contribution in [3.63, 3.8) is 0 Å². The summed E-state index contributed by atoms with van der Waals surface area (Å²) < 4.78 is 33.2. The highest BCUT2D eigenvalue weighted by molar-refractivity contribution is 7.92. The average molecular weight is 459 g/mol. The minimum atomic E-state index is -3.98. The molecule has 0 bridgehead atoms. The third-order valence-corrected chi connectivity index (χ3v) is 6.79. The zero-order valence-corrected chi connectivity index (χ0v) is 18.8. The maximum absolute atomic E-state index is 13.3. The summed E-state index contributed by atoms with van der Waals surface area (Å²) >= 11 is 6.12. The summed E-state index contributed by atoms with van der Waals surface area (Å²) in [6, 6.07) is 19.7. The van der Waals surface area contributed by atoms with Crippen LogP contribution < -0.4 is 14.4 Å². The molecule has 0 aliphatic rings. The molecule has 0 aliphatic carbocycles. The van der Waals surface area contributed by atoms with Crippen LogP contribution in [0.4, 0.5) is 11.4 Å². The number of hydrogen-bond donors (Lipinski definition) is 1. The fraction of sp³-hybridized carbons (Fsp3) is 0.174. The molecule has 3 aromatic rings. The summed E-state index contributed by atoms with van der Waals surface area (Å²) in [4.78, 5) is 12.9.